The first kappa shape index (κ1) is 23.6. The molecule has 0 bridgehead atoms. The molecule has 10 nitrogen and oxygen atoms in total. The Morgan fingerprint density at radius 1 is 1.23 bits per heavy atom. The summed E-state index contributed by atoms with van der Waals surface area (Å²) < 4.78 is 34.1. The second kappa shape index (κ2) is 9.63. The number of amides is 1. The number of halogens is 1. The Morgan fingerprint density at radius 2 is 1.87 bits per heavy atom. The molecular weight excluding hydrogens is 488 g/mol. The summed E-state index contributed by atoms with van der Waals surface area (Å²) in [6.45, 7) is 9.90. The van der Waals surface area contributed by atoms with Crippen LogP contribution in [0.4, 0.5) is 5.88 Å². The minimum Gasteiger partial charge on any atom is -0.284 e. The quantitative estimate of drug-likeness (QED) is 0.559. The number of rotatable bonds is 7. The minimum atomic E-state index is -3.47. The third-order valence-corrected chi connectivity index (χ3v) is 8.13. The van der Waals surface area contributed by atoms with Crippen molar-refractivity contribution in [2.75, 3.05) is 49.6 Å². The van der Waals surface area contributed by atoms with Gasteiger partial charge < -0.3 is 0 Å². The number of hydrogen-bond acceptors (Lipinski definition) is 6. The van der Waals surface area contributed by atoms with Crippen molar-refractivity contribution in [3.8, 4) is 0 Å². The summed E-state index contributed by atoms with van der Waals surface area (Å²) in [5, 5.41) is 8.59. The predicted octanol–water partition coefficient (Wildman–Crippen LogP) is 1.43. The smallest absolute Gasteiger partial charge is 0.284 e. The van der Waals surface area contributed by atoms with E-state index >= 15 is 0 Å². The zero-order chi connectivity index (χ0) is 22.8. The Hall–Kier alpha value is -2.02. The fourth-order valence-electron chi connectivity index (χ4n) is 3.54. The van der Waals surface area contributed by atoms with Crippen LogP contribution >= 0.6 is 15.9 Å². The SMILES string of the molecule is CCN(CC)S(=O)(=O)N1CCN([n+]2noc(NC(=O)c3ccc(C)cc3C)c2Br)CC1. The van der Waals surface area contributed by atoms with E-state index in [9.17, 15) is 13.2 Å². The summed E-state index contributed by atoms with van der Waals surface area (Å²) in [4.78, 5) is 14.1. The predicted molar refractivity (Wildman–Crippen MR) is 120 cm³/mol. The van der Waals surface area contributed by atoms with Crippen LogP contribution in [-0.4, -0.2) is 67.5 Å². The van der Waals surface area contributed by atoms with Crippen LogP contribution in [0.15, 0.2) is 27.3 Å². The fraction of sp³-hybridized carbons (Fsp3) is 0.526. The first-order valence-corrected chi connectivity index (χ1v) is 12.3. The average molecular weight is 516 g/mol. The molecule has 170 valence electrons. The van der Waals surface area contributed by atoms with E-state index in [2.05, 4.69) is 26.5 Å². The van der Waals surface area contributed by atoms with Crippen molar-refractivity contribution < 1.29 is 22.5 Å². The lowest BCUT2D eigenvalue weighted by molar-refractivity contribution is -0.768. The molecule has 0 spiro atoms. The topological polar surface area (TPSA) is 103 Å². The molecule has 12 heteroatoms. The summed E-state index contributed by atoms with van der Waals surface area (Å²) >= 11 is 3.43. The molecule has 31 heavy (non-hydrogen) atoms. The van der Waals surface area contributed by atoms with Crippen LogP contribution in [0.3, 0.4) is 0 Å². The normalized spacial score (nSPS) is 15.5. The number of hydrogen-bond donors (Lipinski definition) is 1. The Labute approximate surface area is 191 Å². The Kier molecular flexibility index (Phi) is 7.35. The number of anilines is 1. The molecule has 1 aliphatic heterocycles. The summed E-state index contributed by atoms with van der Waals surface area (Å²) in [7, 11) is -3.47. The second-order valence-corrected chi connectivity index (χ2v) is 9.98. The minimum absolute atomic E-state index is 0.183. The van der Waals surface area contributed by atoms with Crippen molar-refractivity contribution >= 4 is 37.9 Å². The molecule has 1 N–H and O–H groups in total. The fourth-order valence-corrected chi connectivity index (χ4v) is 5.61. The average Bonchev–Trinajstić information content (AvgIpc) is 3.09. The molecule has 1 aliphatic rings. The highest BCUT2D eigenvalue weighted by Gasteiger charge is 2.36. The second-order valence-electron chi connectivity index (χ2n) is 7.30. The number of aromatic nitrogens is 2. The molecule has 2 aromatic rings. The lowest BCUT2D eigenvalue weighted by atomic mass is 10.1. The molecule has 2 heterocycles. The number of aryl methyl sites for hydroxylation is 2. The largest absolute Gasteiger partial charge is 0.372 e. The molecule has 1 aromatic carbocycles. The van der Waals surface area contributed by atoms with E-state index in [1.165, 1.54) is 13.4 Å². The molecule has 0 atom stereocenters. The van der Waals surface area contributed by atoms with E-state index < -0.39 is 10.2 Å². The summed E-state index contributed by atoms with van der Waals surface area (Å²) in [6, 6.07) is 5.59. The number of carbonyl (C=O) groups is 1. The van der Waals surface area contributed by atoms with Gasteiger partial charge in [0, 0.05) is 47.7 Å². The summed E-state index contributed by atoms with van der Waals surface area (Å²) in [6.07, 6.45) is 0. The van der Waals surface area contributed by atoms with Crippen LogP contribution in [0.25, 0.3) is 0 Å². The monoisotopic (exact) mass is 515 g/mol. The van der Waals surface area contributed by atoms with Gasteiger partial charge in [0.15, 0.2) is 0 Å². The van der Waals surface area contributed by atoms with Crippen LogP contribution in [0.2, 0.25) is 0 Å². The maximum atomic E-state index is 12.7. The van der Waals surface area contributed by atoms with Gasteiger partial charge in [-0.2, -0.15) is 17.0 Å². The molecule has 0 unspecified atom stereocenters. The van der Waals surface area contributed by atoms with E-state index in [4.69, 9.17) is 4.52 Å². The van der Waals surface area contributed by atoms with Gasteiger partial charge in [0.2, 0.25) is 5.27 Å². The van der Waals surface area contributed by atoms with Gasteiger partial charge in [0.25, 0.3) is 16.1 Å². The maximum absolute atomic E-state index is 12.7. The highest BCUT2D eigenvalue weighted by atomic mass is 79.9. The van der Waals surface area contributed by atoms with Gasteiger partial charge in [-0.15, -0.1) is 5.01 Å². The van der Waals surface area contributed by atoms with Crippen molar-refractivity contribution in [3.63, 3.8) is 0 Å². The van der Waals surface area contributed by atoms with E-state index in [0.29, 0.717) is 49.4 Å². The lowest BCUT2D eigenvalue weighted by Crippen LogP contribution is -2.67. The van der Waals surface area contributed by atoms with Crippen LogP contribution in [0.1, 0.15) is 35.3 Å². The molecular formula is C19H28BrN6O4S+. The van der Waals surface area contributed by atoms with Crippen molar-refractivity contribution in [1.82, 2.24) is 13.9 Å². The van der Waals surface area contributed by atoms with Gasteiger partial charge in [-0.3, -0.25) is 14.6 Å². The lowest BCUT2D eigenvalue weighted by Gasteiger charge is -2.32. The highest BCUT2D eigenvalue weighted by Crippen LogP contribution is 2.20. The molecule has 0 radical (unpaired) electrons. The van der Waals surface area contributed by atoms with Gasteiger partial charge in [-0.05, 0) is 25.5 Å². The molecule has 0 saturated carbocycles. The van der Waals surface area contributed by atoms with Gasteiger partial charge in [0.05, 0.1) is 17.9 Å². The highest BCUT2D eigenvalue weighted by molar-refractivity contribution is 9.10. The van der Waals surface area contributed by atoms with Crippen LogP contribution in [0, 0.1) is 13.8 Å². The van der Waals surface area contributed by atoms with Crippen molar-refractivity contribution in [3.05, 3.63) is 39.5 Å². The van der Waals surface area contributed by atoms with E-state index in [1.54, 1.807) is 6.07 Å². The first-order chi connectivity index (χ1) is 14.7. The maximum Gasteiger partial charge on any atom is 0.372 e. The van der Waals surface area contributed by atoms with Crippen molar-refractivity contribution in [2.24, 2.45) is 0 Å². The van der Waals surface area contributed by atoms with Crippen molar-refractivity contribution in [2.45, 2.75) is 27.7 Å². The molecule has 1 amide bonds. The van der Waals surface area contributed by atoms with E-state index in [1.807, 2.05) is 44.8 Å². The van der Waals surface area contributed by atoms with Gasteiger partial charge >= 0.3 is 10.5 Å². The summed E-state index contributed by atoms with van der Waals surface area (Å²) in [5.41, 5.74) is 2.50. The van der Waals surface area contributed by atoms with E-state index in [-0.39, 0.29) is 11.8 Å². The zero-order valence-corrected chi connectivity index (χ0v) is 20.5. The third kappa shape index (κ3) is 4.92. The number of nitrogens with one attached hydrogen (secondary N) is 1. The molecule has 1 fully saturated rings. The molecule has 0 aliphatic carbocycles. The number of nitrogens with zero attached hydrogens (tertiary/aromatic N) is 5. The third-order valence-electron chi connectivity index (χ3n) is 5.27. The first-order valence-electron chi connectivity index (χ1n) is 10.2. The Bertz CT molecular complexity index is 1050. The molecule has 1 saturated heterocycles. The number of benzene rings is 1. The van der Waals surface area contributed by atoms with Crippen molar-refractivity contribution in [1.29, 1.82) is 0 Å². The van der Waals surface area contributed by atoms with Crippen LogP contribution < -0.4 is 15.1 Å². The number of piperazine rings is 1. The Morgan fingerprint density at radius 3 is 2.45 bits per heavy atom. The summed E-state index contributed by atoms with van der Waals surface area (Å²) in [5.74, 6) is -0.111. The number of carbonyl (C=O) groups excluding carboxylic acids is 1. The molecule has 3 rings (SSSR count). The van der Waals surface area contributed by atoms with Gasteiger partial charge in [-0.1, -0.05) is 31.5 Å². The zero-order valence-electron chi connectivity index (χ0n) is 18.1. The van der Waals surface area contributed by atoms with Crippen LogP contribution in [-0.2, 0) is 10.2 Å². The van der Waals surface area contributed by atoms with E-state index in [0.717, 1.165) is 11.1 Å². The van der Waals surface area contributed by atoms with Gasteiger partial charge in [-0.25, -0.2) is 0 Å². The van der Waals surface area contributed by atoms with Gasteiger partial charge in [0.1, 0.15) is 0 Å². The van der Waals surface area contributed by atoms with Crippen LogP contribution in [0.5, 0.6) is 0 Å². The molecule has 1 aromatic heterocycles. The standard InChI is InChI=1S/C19H27BrN6O4S/c1-5-24(6-2)31(28,29)25-11-9-23(10-12-25)26-17(20)19(30-22-26)21-18(27)16-8-7-14(3)13-15(16)4/h7-8,13H,5-6,9-12H2,1-4H3/p+1. The Balaban J connectivity index is 1.68.